The first-order valence-corrected chi connectivity index (χ1v) is 7.75. The van der Waals surface area contributed by atoms with Crippen molar-refractivity contribution in [2.45, 2.75) is 45.6 Å². The molecule has 0 aromatic rings. The number of nitrogens with two attached hydrogens (primary N) is 1. The average molecular weight is 281 g/mol. The zero-order valence-corrected chi connectivity index (χ0v) is 12.6. The second-order valence-electron chi connectivity index (χ2n) is 6.80. The highest BCUT2D eigenvalue weighted by atomic mass is 16.2. The van der Waals surface area contributed by atoms with Gasteiger partial charge in [-0.15, -0.1) is 0 Å². The topological polar surface area (TPSA) is 75.4 Å². The number of primary amides is 1. The van der Waals surface area contributed by atoms with Gasteiger partial charge in [-0.2, -0.15) is 0 Å². The van der Waals surface area contributed by atoms with Crippen LogP contribution in [0.5, 0.6) is 0 Å². The van der Waals surface area contributed by atoms with Gasteiger partial charge in [-0.3, -0.25) is 14.5 Å². The fourth-order valence-corrected chi connectivity index (χ4v) is 2.89. The molecule has 2 aliphatic rings. The van der Waals surface area contributed by atoms with Crippen LogP contribution in [0.2, 0.25) is 0 Å². The minimum atomic E-state index is -0.376. The summed E-state index contributed by atoms with van der Waals surface area (Å²) in [7, 11) is 0. The zero-order valence-electron chi connectivity index (χ0n) is 12.6. The SMILES string of the molecule is CC(C)CN(CC(N)=O)CC(=O)NC(C1CC1)C1CC1. The third-order valence-electron chi connectivity index (χ3n) is 3.96. The number of nitrogens with zero attached hydrogens (tertiary/aromatic N) is 1. The summed E-state index contributed by atoms with van der Waals surface area (Å²) in [5.41, 5.74) is 5.25. The Bertz CT molecular complexity index is 350. The molecule has 2 rings (SSSR count). The largest absolute Gasteiger partial charge is 0.369 e. The van der Waals surface area contributed by atoms with Crippen molar-refractivity contribution in [1.82, 2.24) is 10.2 Å². The van der Waals surface area contributed by atoms with Crippen LogP contribution in [-0.4, -0.2) is 42.4 Å². The maximum atomic E-state index is 12.2. The molecule has 0 heterocycles. The first kappa shape index (κ1) is 15.3. The van der Waals surface area contributed by atoms with E-state index in [1.54, 1.807) is 0 Å². The van der Waals surface area contributed by atoms with Gasteiger partial charge in [0.2, 0.25) is 11.8 Å². The van der Waals surface area contributed by atoms with E-state index in [1.165, 1.54) is 25.7 Å². The van der Waals surface area contributed by atoms with Crippen LogP contribution in [0.1, 0.15) is 39.5 Å². The normalized spacial score (nSPS) is 18.9. The van der Waals surface area contributed by atoms with Crippen molar-refractivity contribution in [1.29, 1.82) is 0 Å². The second-order valence-corrected chi connectivity index (χ2v) is 6.80. The standard InChI is InChI=1S/C15H27N3O2/c1-10(2)7-18(8-13(16)19)9-14(20)17-15(11-3-4-11)12-5-6-12/h10-12,15H,3-9H2,1-2H3,(H2,16,19)(H,17,20). The van der Waals surface area contributed by atoms with E-state index in [-0.39, 0.29) is 24.9 Å². The molecule has 2 fully saturated rings. The molecule has 5 nitrogen and oxygen atoms in total. The maximum Gasteiger partial charge on any atom is 0.234 e. The summed E-state index contributed by atoms with van der Waals surface area (Å²) in [5, 5.41) is 3.19. The number of hydrogen-bond donors (Lipinski definition) is 2. The van der Waals surface area contributed by atoms with Crippen molar-refractivity contribution in [3.05, 3.63) is 0 Å². The molecule has 5 heteroatoms. The van der Waals surface area contributed by atoms with Crippen LogP contribution < -0.4 is 11.1 Å². The third-order valence-corrected chi connectivity index (χ3v) is 3.96. The molecule has 0 radical (unpaired) electrons. The summed E-state index contributed by atoms with van der Waals surface area (Å²) in [6.07, 6.45) is 4.99. The Hall–Kier alpha value is -1.10. The summed E-state index contributed by atoms with van der Waals surface area (Å²) in [6.45, 7) is 5.29. The van der Waals surface area contributed by atoms with Gasteiger partial charge < -0.3 is 11.1 Å². The molecule has 0 unspecified atom stereocenters. The van der Waals surface area contributed by atoms with Gasteiger partial charge in [-0.1, -0.05) is 13.8 Å². The summed E-state index contributed by atoms with van der Waals surface area (Å²) >= 11 is 0. The Labute approximate surface area is 121 Å². The van der Waals surface area contributed by atoms with Crippen molar-refractivity contribution in [3.63, 3.8) is 0 Å². The lowest BCUT2D eigenvalue weighted by atomic mass is 10.1. The quantitative estimate of drug-likeness (QED) is 0.654. The zero-order chi connectivity index (χ0) is 14.7. The fraction of sp³-hybridized carbons (Fsp3) is 0.867. The van der Waals surface area contributed by atoms with Gasteiger partial charge in [-0.25, -0.2) is 0 Å². The predicted molar refractivity (Wildman–Crippen MR) is 77.9 cm³/mol. The number of nitrogens with one attached hydrogen (secondary N) is 1. The van der Waals surface area contributed by atoms with Crippen LogP contribution in [0.15, 0.2) is 0 Å². The van der Waals surface area contributed by atoms with E-state index in [0.29, 0.717) is 30.3 Å². The van der Waals surface area contributed by atoms with Crippen molar-refractivity contribution >= 4 is 11.8 Å². The highest BCUT2D eigenvalue weighted by molar-refractivity contribution is 5.80. The van der Waals surface area contributed by atoms with E-state index in [2.05, 4.69) is 19.2 Å². The lowest BCUT2D eigenvalue weighted by molar-refractivity contribution is -0.124. The minimum absolute atomic E-state index is 0.0377. The van der Waals surface area contributed by atoms with E-state index >= 15 is 0 Å². The van der Waals surface area contributed by atoms with Gasteiger partial charge >= 0.3 is 0 Å². The van der Waals surface area contributed by atoms with E-state index in [0.717, 1.165) is 0 Å². The molecule has 2 aliphatic carbocycles. The molecular formula is C15H27N3O2. The Morgan fingerprint density at radius 3 is 2.10 bits per heavy atom. The van der Waals surface area contributed by atoms with Gasteiger partial charge in [0.25, 0.3) is 0 Å². The van der Waals surface area contributed by atoms with Gasteiger partial charge in [-0.05, 0) is 43.4 Å². The number of carbonyl (C=O) groups excluding carboxylic acids is 2. The Balaban J connectivity index is 1.81. The lowest BCUT2D eigenvalue weighted by Crippen LogP contribution is -2.46. The molecule has 0 bridgehead atoms. The van der Waals surface area contributed by atoms with Crippen LogP contribution in [0.4, 0.5) is 0 Å². The minimum Gasteiger partial charge on any atom is -0.369 e. The summed E-state index contributed by atoms with van der Waals surface area (Å²) in [6, 6.07) is 0.372. The summed E-state index contributed by atoms with van der Waals surface area (Å²) in [5.74, 6) is 1.46. The molecule has 0 aromatic carbocycles. The van der Waals surface area contributed by atoms with Gasteiger partial charge in [0.05, 0.1) is 13.1 Å². The van der Waals surface area contributed by atoms with Gasteiger partial charge in [0.1, 0.15) is 0 Å². The van der Waals surface area contributed by atoms with E-state index < -0.39 is 0 Å². The highest BCUT2D eigenvalue weighted by Gasteiger charge is 2.42. The van der Waals surface area contributed by atoms with E-state index in [9.17, 15) is 9.59 Å². The number of rotatable bonds is 9. The van der Waals surface area contributed by atoms with Crippen LogP contribution in [0, 0.1) is 17.8 Å². The highest BCUT2D eigenvalue weighted by Crippen LogP contribution is 2.44. The molecular weight excluding hydrogens is 254 g/mol. The molecule has 114 valence electrons. The molecule has 0 saturated heterocycles. The van der Waals surface area contributed by atoms with Crippen molar-refractivity contribution in [2.75, 3.05) is 19.6 Å². The van der Waals surface area contributed by atoms with E-state index in [1.807, 2.05) is 4.90 Å². The van der Waals surface area contributed by atoms with Crippen LogP contribution >= 0.6 is 0 Å². The molecule has 0 atom stereocenters. The van der Waals surface area contributed by atoms with Crippen LogP contribution in [0.25, 0.3) is 0 Å². The van der Waals surface area contributed by atoms with Gasteiger partial charge in [0.15, 0.2) is 0 Å². The van der Waals surface area contributed by atoms with Crippen molar-refractivity contribution < 1.29 is 9.59 Å². The van der Waals surface area contributed by atoms with Crippen LogP contribution in [0.3, 0.4) is 0 Å². The molecule has 0 spiro atoms. The Morgan fingerprint density at radius 2 is 1.70 bits per heavy atom. The van der Waals surface area contributed by atoms with Crippen molar-refractivity contribution in [2.24, 2.45) is 23.5 Å². The average Bonchev–Trinajstić information content (AvgIpc) is 3.17. The van der Waals surface area contributed by atoms with Crippen molar-refractivity contribution in [3.8, 4) is 0 Å². The monoisotopic (exact) mass is 281 g/mol. The fourth-order valence-electron chi connectivity index (χ4n) is 2.89. The molecule has 2 saturated carbocycles. The Morgan fingerprint density at radius 1 is 1.15 bits per heavy atom. The first-order chi connectivity index (χ1) is 9.45. The third kappa shape index (κ3) is 5.12. The van der Waals surface area contributed by atoms with Crippen LogP contribution in [-0.2, 0) is 9.59 Å². The number of amides is 2. The first-order valence-electron chi connectivity index (χ1n) is 7.75. The summed E-state index contributed by atoms with van der Waals surface area (Å²) < 4.78 is 0. The molecule has 0 aromatic heterocycles. The predicted octanol–water partition coefficient (Wildman–Crippen LogP) is 0.735. The lowest BCUT2D eigenvalue weighted by Gasteiger charge is -2.24. The molecule has 20 heavy (non-hydrogen) atoms. The molecule has 3 N–H and O–H groups in total. The summed E-state index contributed by atoms with van der Waals surface area (Å²) in [4.78, 5) is 25.1. The molecule has 2 amide bonds. The number of hydrogen-bond acceptors (Lipinski definition) is 3. The number of carbonyl (C=O) groups is 2. The smallest absolute Gasteiger partial charge is 0.234 e. The Kier molecular flexibility index (Phi) is 5.02. The van der Waals surface area contributed by atoms with E-state index in [4.69, 9.17) is 5.73 Å². The maximum absolute atomic E-state index is 12.2. The molecule has 0 aliphatic heterocycles. The second kappa shape index (κ2) is 6.57. The van der Waals surface area contributed by atoms with Gasteiger partial charge in [0, 0.05) is 12.6 Å².